The zero-order valence-electron chi connectivity index (χ0n) is 13.5. The zero-order chi connectivity index (χ0) is 16.9. The summed E-state index contributed by atoms with van der Waals surface area (Å²) in [5.74, 6) is 0. The number of sulfonamides is 1. The van der Waals surface area contributed by atoms with Crippen LogP contribution in [0.3, 0.4) is 0 Å². The number of rotatable bonds is 7. The molecule has 0 aromatic heterocycles. The van der Waals surface area contributed by atoms with E-state index in [4.69, 9.17) is 5.11 Å². The minimum absolute atomic E-state index is 0.0471. The van der Waals surface area contributed by atoms with Gasteiger partial charge < -0.3 is 5.11 Å². The highest BCUT2D eigenvalue weighted by Gasteiger charge is 2.14. The summed E-state index contributed by atoms with van der Waals surface area (Å²) < 4.78 is 26.0. The Morgan fingerprint density at radius 1 is 0.913 bits per heavy atom. The van der Waals surface area contributed by atoms with Gasteiger partial charge in [0.1, 0.15) is 0 Å². The van der Waals surface area contributed by atoms with Crippen LogP contribution in [0.2, 0.25) is 0 Å². The van der Waals surface area contributed by atoms with E-state index >= 15 is 0 Å². The van der Waals surface area contributed by atoms with Crippen molar-refractivity contribution in [2.45, 2.75) is 32.1 Å². The molecular weight excluding hydrogens is 310 g/mol. The van der Waals surface area contributed by atoms with Gasteiger partial charge >= 0.3 is 0 Å². The SMILES string of the molecule is CC(C)S(=O)(=O)NCCc1ccc(-c2ccc(CO)cc2)cc1. The summed E-state index contributed by atoms with van der Waals surface area (Å²) >= 11 is 0. The first kappa shape index (κ1) is 17.7. The third-order valence-electron chi connectivity index (χ3n) is 3.76. The summed E-state index contributed by atoms with van der Waals surface area (Å²) in [4.78, 5) is 0. The Morgan fingerprint density at radius 3 is 1.83 bits per heavy atom. The highest BCUT2D eigenvalue weighted by atomic mass is 32.2. The third kappa shape index (κ3) is 4.89. The monoisotopic (exact) mass is 333 g/mol. The van der Waals surface area contributed by atoms with E-state index in [0.29, 0.717) is 13.0 Å². The molecule has 0 aliphatic rings. The molecule has 2 rings (SSSR count). The average Bonchev–Trinajstić information content (AvgIpc) is 2.55. The molecule has 2 N–H and O–H groups in total. The lowest BCUT2D eigenvalue weighted by Crippen LogP contribution is -2.32. The summed E-state index contributed by atoms with van der Waals surface area (Å²) in [6.45, 7) is 3.79. The Bertz CT molecular complexity index is 720. The van der Waals surface area contributed by atoms with Crippen LogP contribution >= 0.6 is 0 Å². The summed E-state index contributed by atoms with van der Waals surface area (Å²) in [7, 11) is -3.20. The van der Waals surface area contributed by atoms with Gasteiger partial charge in [0.05, 0.1) is 11.9 Å². The molecule has 0 saturated heterocycles. The fourth-order valence-corrected chi connectivity index (χ4v) is 2.89. The molecule has 0 heterocycles. The van der Waals surface area contributed by atoms with E-state index in [1.165, 1.54) is 0 Å². The van der Waals surface area contributed by atoms with Crippen molar-refractivity contribution in [3.8, 4) is 11.1 Å². The van der Waals surface area contributed by atoms with Crippen LogP contribution < -0.4 is 4.72 Å². The molecular formula is C18H23NO3S. The number of nitrogens with one attached hydrogen (secondary N) is 1. The largest absolute Gasteiger partial charge is 0.392 e. The van der Waals surface area contributed by atoms with Gasteiger partial charge in [-0.2, -0.15) is 0 Å². The number of hydrogen-bond donors (Lipinski definition) is 2. The summed E-state index contributed by atoms with van der Waals surface area (Å²) in [5.41, 5.74) is 4.17. The van der Waals surface area contributed by atoms with Gasteiger partial charge in [-0.1, -0.05) is 48.5 Å². The first-order chi connectivity index (χ1) is 10.9. The van der Waals surface area contributed by atoms with E-state index in [-0.39, 0.29) is 6.61 Å². The highest BCUT2D eigenvalue weighted by Crippen LogP contribution is 2.20. The van der Waals surface area contributed by atoms with E-state index < -0.39 is 15.3 Å². The van der Waals surface area contributed by atoms with E-state index in [1.54, 1.807) is 13.8 Å². The standard InChI is InChI=1S/C18H23NO3S/c1-14(2)23(21,22)19-12-11-15-3-7-17(8-4-15)18-9-5-16(13-20)6-10-18/h3-10,14,19-20H,11-13H2,1-2H3. The molecule has 0 radical (unpaired) electrons. The zero-order valence-corrected chi connectivity index (χ0v) is 14.3. The van der Waals surface area contributed by atoms with Gasteiger partial charge in [-0.05, 0) is 42.5 Å². The molecule has 2 aromatic carbocycles. The molecule has 0 aliphatic heterocycles. The van der Waals surface area contributed by atoms with Gasteiger partial charge in [0.2, 0.25) is 10.0 Å². The van der Waals surface area contributed by atoms with Crippen LogP contribution in [0.5, 0.6) is 0 Å². The molecule has 124 valence electrons. The molecule has 0 aliphatic carbocycles. The van der Waals surface area contributed by atoms with Crippen molar-refractivity contribution in [3.05, 3.63) is 59.7 Å². The topological polar surface area (TPSA) is 66.4 Å². The van der Waals surface area contributed by atoms with Crippen LogP contribution in [0.1, 0.15) is 25.0 Å². The third-order valence-corrected chi connectivity index (χ3v) is 5.61. The second-order valence-corrected chi connectivity index (χ2v) is 8.11. The Hall–Kier alpha value is -1.69. The molecule has 4 nitrogen and oxygen atoms in total. The molecule has 0 bridgehead atoms. The van der Waals surface area contributed by atoms with Crippen molar-refractivity contribution in [2.75, 3.05) is 6.54 Å². The van der Waals surface area contributed by atoms with Gasteiger partial charge in [-0.25, -0.2) is 13.1 Å². The Balaban J connectivity index is 1.96. The number of aliphatic hydroxyl groups is 1. The predicted octanol–water partition coefficient (Wildman–Crippen LogP) is 2.72. The van der Waals surface area contributed by atoms with Crippen molar-refractivity contribution in [2.24, 2.45) is 0 Å². The Kier molecular flexibility index (Phi) is 5.93. The van der Waals surface area contributed by atoms with Gasteiger partial charge in [-0.3, -0.25) is 0 Å². The second kappa shape index (κ2) is 7.73. The molecule has 0 unspecified atom stereocenters. The number of aliphatic hydroxyl groups excluding tert-OH is 1. The van der Waals surface area contributed by atoms with Crippen molar-refractivity contribution >= 4 is 10.0 Å². The van der Waals surface area contributed by atoms with Gasteiger partial charge in [0, 0.05) is 6.54 Å². The van der Waals surface area contributed by atoms with Gasteiger partial charge in [0.25, 0.3) is 0 Å². The molecule has 23 heavy (non-hydrogen) atoms. The molecule has 0 spiro atoms. The quantitative estimate of drug-likeness (QED) is 0.819. The van der Waals surface area contributed by atoms with Crippen LogP contribution in [-0.2, 0) is 23.1 Å². The molecule has 0 fully saturated rings. The summed E-state index contributed by atoms with van der Waals surface area (Å²) in [5, 5.41) is 8.65. The summed E-state index contributed by atoms with van der Waals surface area (Å²) in [6.07, 6.45) is 0.662. The van der Waals surface area contributed by atoms with Crippen LogP contribution in [0.25, 0.3) is 11.1 Å². The van der Waals surface area contributed by atoms with E-state index in [9.17, 15) is 8.42 Å². The predicted molar refractivity (Wildman–Crippen MR) is 93.6 cm³/mol. The maximum atomic E-state index is 11.7. The Morgan fingerprint density at radius 2 is 1.39 bits per heavy atom. The number of hydrogen-bond acceptors (Lipinski definition) is 3. The first-order valence-corrected chi connectivity index (χ1v) is 9.24. The smallest absolute Gasteiger partial charge is 0.213 e. The molecule has 2 aromatic rings. The van der Waals surface area contributed by atoms with Gasteiger partial charge in [0.15, 0.2) is 0 Å². The Labute approximate surface area is 138 Å². The maximum absolute atomic E-state index is 11.7. The van der Waals surface area contributed by atoms with Crippen molar-refractivity contribution < 1.29 is 13.5 Å². The van der Waals surface area contributed by atoms with E-state index in [2.05, 4.69) is 4.72 Å². The lowest BCUT2D eigenvalue weighted by molar-refractivity contribution is 0.282. The van der Waals surface area contributed by atoms with Gasteiger partial charge in [-0.15, -0.1) is 0 Å². The molecule has 0 atom stereocenters. The van der Waals surface area contributed by atoms with E-state index in [1.807, 2.05) is 48.5 Å². The fraction of sp³-hybridized carbons (Fsp3) is 0.333. The van der Waals surface area contributed by atoms with Crippen LogP contribution in [0, 0.1) is 0 Å². The average molecular weight is 333 g/mol. The van der Waals surface area contributed by atoms with Crippen LogP contribution in [0.15, 0.2) is 48.5 Å². The molecule has 0 amide bonds. The first-order valence-electron chi connectivity index (χ1n) is 7.70. The molecule has 5 heteroatoms. The number of benzene rings is 2. The van der Waals surface area contributed by atoms with Crippen LogP contribution in [0.4, 0.5) is 0 Å². The van der Waals surface area contributed by atoms with Crippen molar-refractivity contribution in [1.29, 1.82) is 0 Å². The minimum Gasteiger partial charge on any atom is -0.392 e. The maximum Gasteiger partial charge on any atom is 0.213 e. The van der Waals surface area contributed by atoms with Crippen molar-refractivity contribution in [3.63, 3.8) is 0 Å². The normalized spacial score (nSPS) is 11.8. The lowest BCUT2D eigenvalue weighted by atomic mass is 10.0. The second-order valence-electron chi connectivity index (χ2n) is 5.79. The summed E-state index contributed by atoms with van der Waals surface area (Å²) in [6, 6.07) is 15.9. The molecule has 0 saturated carbocycles. The van der Waals surface area contributed by atoms with Crippen molar-refractivity contribution in [1.82, 2.24) is 4.72 Å². The minimum atomic E-state index is -3.20. The highest BCUT2D eigenvalue weighted by molar-refractivity contribution is 7.90. The lowest BCUT2D eigenvalue weighted by Gasteiger charge is -2.10. The van der Waals surface area contributed by atoms with Crippen LogP contribution in [-0.4, -0.2) is 25.3 Å². The fourth-order valence-electron chi connectivity index (χ4n) is 2.17. The van der Waals surface area contributed by atoms with E-state index in [0.717, 1.165) is 22.3 Å².